The van der Waals surface area contributed by atoms with Gasteiger partial charge in [-0.15, -0.1) is 0 Å². The molecular formula is C15H25BrN2O. The number of nitrogens with zero attached hydrogens (tertiary/aromatic N) is 1. The zero-order valence-electron chi connectivity index (χ0n) is 12.4. The van der Waals surface area contributed by atoms with Crippen molar-refractivity contribution in [2.75, 3.05) is 33.8 Å². The molecule has 1 aromatic rings. The molecule has 1 N–H and O–H groups in total. The van der Waals surface area contributed by atoms with Crippen molar-refractivity contribution in [3.8, 4) is 5.75 Å². The van der Waals surface area contributed by atoms with E-state index in [9.17, 15) is 0 Å². The van der Waals surface area contributed by atoms with Crippen molar-refractivity contribution in [3.63, 3.8) is 0 Å². The predicted octanol–water partition coefficient (Wildman–Crippen LogP) is 3.45. The lowest BCUT2D eigenvalue weighted by molar-refractivity contribution is 0.280. The smallest absolute Gasteiger partial charge is 0.133 e. The topological polar surface area (TPSA) is 24.5 Å². The molecule has 1 atom stereocenters. The zero-order valence-corrected chi connectivity index (χ0v) is 14.0. The Balaban J connectivity index is 2.52. The summed E-state index contributed by atoms with van der Waals surface area (Å²) in [5, 5.41) is 3.41. The summed E-state index contributed by atoms with van der Waals surface area (Å²) in [5.74, 6) is 0.922. The van der Waals surface area contributed by atoms with E-state index >= 15 is 0 Å². The van der Waals surface area contributed by atoms with Gasteiger partial charge < -0.3 is 15.0 Å². The molecule has 3 nitrogen and oxygen atoms in total. The second kappa shape index (κ2) is 8.56. The van der Waals surface area contributed by atoms with Crippen molar-refractivity contribution in [2.45, 2.75) is 26.3 Å². The zero-order chi connectivity index (χ0) is 14.3. The van der Waals surface area contributed by atoms with Gasteiger partial charge in [-0.25, -0.2) is 0 Å². The van der Waals surface area contributed by atoms with E-state index in [1.54, 1.807) is 0 Å². The van der Waals surface area contributed by atoms with E-state index in [1.165, 1.54) is 5.56 Å². The Hall–Kier alpha value is -0.580. The van der Waals surface area contributed by atoms with Gasteiger partial charge in [-0.3, -0.25) is 0 Å². The van der Waals surface area contributed by atoms with Crippen LogP contribution < -0.4 is 10.1 Å². The normalized spacial score (nSPS) is 12.7. The van der Waals surface area contributed by atoms with Crippen LogP contribution in [0, 0.1) is 0 Å². The number of hydrogen-bond acceptors (Lipinski definition) is 3. The summed E-state index contributed by atoms with van der Waals surface area (Å²) in [5.41, 5.74) is 1.27. The first-order chi connectivity index (χ1) is 9.04. The fourth-order valence-corrected chi connectivity index (χ4v) is 2.40. The van der Waals surface area contributed by atoms with E-state index in [2.05, 4.69) is 66.2 Å². The third-order valence-electron chi connectivity index (χ3n) is 2.97. The van der Waals surface area contributed by atoms with Crippen LogP contribution in [0.3, 0.4) is 0 Å². The second-order valence-corrected chi connectivity index (χ2v) is 5.83. The van der Waals surface area contributed by atoms with Gasteiger partial charge >= 0.3 is 0 Å². The van der Waals surface area contributed by atoms with Gasteiger partial charge in [0, 0.05) is 12.6 Å². The number of nitrogens with one attached hydrogen (secondary N) is 1. The van der Waals surface area contributed by atoms with Gasteiger partial charge in [0.1, 0.15) is 5.75 Å². The first kappa shape index (κ1) is 16.5. The minimum atomic E-state index is 0.365. The number of hydrogen-bond donors (Lipinski definition) is 1. The minimum absolute atomic E-state index is 0.365. The predicted molar refractivity (Wildman–Crippen MR) is 84.9 cm³/mol. The summed E-state index contributed by atoms with van der Waals surface area (Å²) >= 11 is 3.58. The average Bonchev–Trinajstić information content (AvgIpc) is 2.36. The van der Waals surface area contributed by atoms with Gasteiger partial charge in [0.25, 0.3) is 0 Å². The molecule has 0 aliphatic carbocycles. The molecule has 0 amide bonds. The molecule has 0 saturated carbocycles. The van der Waals surface area contributed by atoms with Crippen LogP contribution in [0.15, 0.2) is 22.7 Å². The summed E-state index contributed by atoms with van der Waals surface area (Å²) in [7, 11) is 4.15. The largest absolute Gasteiger partial charge is 0.492 e. The van der Waals surface area contributed by atoms with Gasteiger partial charge in [0.05, 0.1) is 11.1 Å². The van der Waals surface area contributed by atoms with Crippen molar-refractivity contribution in [3.05, 3.63) is 28.2 Å². The van der Waals surface area contributed by atoms with Crippen LogP contribution in [-0.2, 0) is 0 Å². The maximum absolute atomic E-state index is 5.79. The lowest BCUT2D eigenvalue weighted by Crippen LogP contribution is -2.17. The van der Waals surface area contributed by atoms with Crippen LogP contribution >= 0.6 is 15.9 Å². The SMILES string of the molecule is CCNC(C)c1ccc(OCCCN(C)C)c(Br)c1. The molecule has 0 heterocycles. The Labute approximate surface area is 125 Å². The van der Waals surface area contributed by atoms with E-state index in [0.717, 1.165) is 36.3 Å². The van der Waals surface area contributed by atoms with Crippen LogP contribution in [0.4, 0.5) is 0 Å². The summed E-state index contributed by atoms with van der Waals surface area (Å²) in [6.45, 7) is 7.06. The van der Waals surface area contributed by atoms with Crippen LogP contribution in [0.1, 0.15) is 31.9 Å². The highest BCUT2D eigenvalue weighted by molar-refractivity contribution is 9.10. The quantitative estimate of drug-likeness (QED) is 0.740. The summed E-state index contributed by atoms with van der Waals surface area (Å²) in [6, 6.07) is 6.67. The molecular weight excluding hydrogens is 304 g/mol. The summed E-state index contributed by atoms with van der Waals surface area (Å²) < 4.78 is 6.82. The van der Waals surface area contributed by atoms with E-state index < -0.39 is 0 Å². The molecule has 0 bridgehead atoms. The second-order valence-electron chi connectivity index (χ2n) is 4.97. The molecule has 0 spiro atoms. The molecule has 108 valence electrons. The highest BCUT2D eigenvalue weighted by atomic mass is 79.9. The van der Waals surface area contributed by atoms with E-state index in [-0.39, 0.29) is 0 Å². The van der Waals surface area contributed by atoms with Crippen molar-refractivity contribution in [2.24, 2.45) is 0 Å². The number of ether oxygens (including phenoxy) is 1. The molecule has 0 aliphatic heterocycles. The summed E-state index contributed by atoms with van der Waals surface area (Å²) in [6.07, 6.45) is 1.04. The van der Waals surface area contributed by atoms with Gasteiger partial charge in [0.15, 0.2) is 0 Å². The summed E-state index contributed by atoms with van der Waals surface area (Å²) in [4.78, 5) is 2.17. The Morgan fingerprint density at radius 3 is 2.68 bits per heavy atom. The molecule has 4 heteroatoms. The van der Waals surface area contributed by atoms with Crippen molar-refractivity contribution >= 4 is 15.9 Å². The van der Waals surface area contributed by atoms with Crippen molar-refractivity contribution in [1.82, 2.24) is 10.2 Å². The van der Waals surface area contributed by atoms with Crippen LogP contribution in [0.25, 0.3) is 0 Å². The van der Waals surface area contributed by atoms with Crippen molar-refractivity contribution < 1.29 is 4.74 Å². The third-order valence-corrected chi connectivity index (χ3v) is 3.59. The molecule has 0 aromatic heterocycles. The highest BCUT2D eigenvalue weighted by Gasteiger charge is 2.07. The van der Waals surface area contributed by atoms with Gasteiger partial charge in [-0.2, -0.15) is 0 Å². The van der Waals surface area contributed by atoms with E-state index in [4.69, 9.17) is 4.74 Å². The fraction of sp³-hybridized carbons (Fsp3) is 0.600. The van der Waals surface area contributed by atoms with Crippen LogP contribution in [0.2, 0.25) is 0 Å². The van der Waals surface area contributed by atoms with Gasteiger partial charge in [-0.05, 0) is 67.6 Å². The Bertz CT molecular complexity index is 382. The molecule has 19 heavy (non-hydrogen) atoms. The molecule has 1 aromatic carbocycles. The monoisotopic (exact) mass is 328 g/mol. The van der Waals surface area contributed by atoms with Gasteiger partial charge in [-0.1, -0.05) is 13.0 Å². The number of benzene rings is 1. The molecule has 1 unspecified atom stereocenters. The third kappa shape index (κ3) is 5.93. The Morgan fingerprint density at radius 2 is 2.11 bits per heavy atom. The van der Waals surface area contributed by atoms with E-state index in [0.29, 0.717) is 6.04 Å². The standard InChI is InChI=1S/C15H25BrN2O/c1-5-17-12(2)13-7-8-15(14(16)11-13)19-10-6-9-18(3)4/h7-8,11-12,17H,5-6,9-10H2,1-4H3. The van der Waals surface area contributed by atoms with Crippen LogP contribution in [0.5, 0.6) is 5.75 Å². The molecule has 0 fully saturated rings. The Kier molecular flexibility index (Phi) is 7.42. The molecule has 0 saturated heterocycles. The lowest BCUT2D eigenvalue weighted by Gasteiger charge is -2.15. The number of rotatable bonds is 8. The first-order valence-corrected chi connectivity index (χ1v) is 7.64. The van der Waals surface area contributed by atoms with Gasteiger partial charge in [0.2, 0.25) is 0 Å². The maximum Gasteiger partial charge on any atom is 0.133 e. The molecule has 0 aliphatic rings. The Morgan fingerprint density at radius 1 is 1.37 bits per heavy atom. The van der Waals surface area contributed by atoms with E-state index in [1.807, 2.05) is 6.07 Å². The fourth-order valence-electron chi connectivity index (χ4n) is 1.89. The molecule has 1 rings (SSSR count). The minimum Gasteiger partial charge on any atom is -0.492 e. The molecule has 0 radical (unpaired) electrons. The highest BCUT2D eigenvalue weighted by Crippen LogP contribution is 2.28. The average molecular weight is 329 g/mol. The first-order valence-electron chi connectivity index (χ1n) is 6.85. The van der Waals surface area contributed by atoms with Crippen LogP contribution in [-0.4, -0.2) is 38.7 Å². The number of halogens is 1. The lowest BCUT2D eigenvalue weighted by atomic mass is 10.1. The van der Waals surface area contributed by atoms with Crippen molar-refractivity contribution in [1.29, 1.82) is 0 Å². The maximum atomic E-state index is 5.79.